The number of nitrogens with one attached hydrogen (secondary N) is 1. The van der Waals surface area contributed by atoms with Crippen molar-refractivity contribution in [2.75, 3.05) is 25.1 Å². The van der Waals surface area contributed by atoms with E-state index in [9.17, 15) is 9.59 Å². The van der Waals surface area contributed by atoms with Gasteiger partial charge in [0.25, 0.3) is 0 Å². The van der Waals surface area contributed by atoms with Crippen LogP contribution in [0.3, 0.4) is 0 Å². The lowest BCUT2D eigenvalue weighted by Crippen LogP contribution is -2.39. The van der Waals surface area contributed by atoms with Crippen molar-refractivity contribution in [1.82, 2.24) is 10.2 Å². The fraction of sp³-hybridized carbons (Fsp3) is 0.857. The molecule has 2 amide bonds. The smallest absolute Gasteiger partial charge is 0.230 e. The van der Waals surface area contributed by atoms with Gasteiger partial charge in [-0.1, -0.05) is 19.3 Å². The average Bonchev–Trinajstić information content (AvgIpc) is 2.71. The number of carbonyl (C=O) groups excluding carboxylic acids is 2. The number of nitrogens with zero attached hydrogens (tertiary/aromatic N) is 1. The fourth-order valence-electron chi connectivity index (χ4n) is 3.13. The van der Waals surface area contributed by atoms with E-state index in [1.165, 1.54) is 43.9 Å². The molecular weight excluding hydrogens is 260 g/mol. The van der Waals surface area contributed by atoms with E-state index in [1.807, 2.05) is 11.2 Å². The molecule has 0 aromatic rings. The Bertz CT molecular complexity index is 329. The van der Waals surface area contributed by atoms with Gasteiger partial charge < -0.3 is 10.2 Å². The van der Waals surface area contributed by atoms with Gasteiger partial charge in [-0.25, -0.2) is 0 Å². The van der Waals surface area contributed by atoms with Gasteiger partial charge in [-0.15, -0.1) is 0 Å². The van der Waals surface area contributed by atoms with Crippen LogP contribution in [0.4, 0.5) is 0 Å². The van der Waals surface area contributed by atoms with Crippen molar-refractivity contribution >= 4 is 23.6 Å². The van der Waals surface area contributed by atoms with Gasteiger partial charge in [0.2, 0.25) is 11.8 Å². The molecule has 0 radical (unpaired) electrons. The number of hydrogen-bond donors (Lipinski definition) is 1. The molecule has 2 rings (SSSR count). The van der Waals surface area contributed by atoms with E-state index in [2.05, 4.69) is 5.32 Å². The number of hydrogen-bond acceptors (Lipinski definition) is 3. The summed E-state index contributed by atoms with van der Waals surface area (Å²) in [4.78, 5) is 25.5. The quantitative estimate of drug-likeness (QED) is 0.835. The molecule has 0 unspecified atom stereocenters. The lowest BCUT2D eigenvalue weighted by atomic mass is 9.89. The normalized spacial score (nSPS) is 24.8. The first-order valence-corrected chi connectivity index (χ1v) is 8.64. The molecule has 0 spiro atoms. The van der Waals surface area contributed by atoms with Crippen LogP contribution in [0.5, 0.6) is 0 Å². The van der Waals surface area contributed by atoms with Crippen LogP contribution in [-0.4, -0.2) is 47.9 Å². The monoisotopic (exact) mass is 284 g/mol. The zero-order chi connectivity index (χ0) is 13.7. The van der Waals surface area contributed by atoms with Crippen LogP contribution in [0.1, 0.15) is 38.5 Å². The number of rotatable bonds is 5. The summed E-state index contributed by atoms with van der Waals surface area (Å²) in [5.74, 6) is 1.41. The van der Waals surface area contributed by atoms with E-state index in [0.29, 0.717) is 24.6 Å². The van der Waals surface area contributed by atoms with Crippen molar-refractivity contribution in [3.63, 3.8) is 0 Å². The molecule has 1 N–H and O–H groups in total. The van der Waals surface area contributed by atoms with E-state index in [-0.39, 0.29) is 17.9 Å². The van der Waals surface area contributed by atoms with Crippen LogP contribution >= 0.6 is 11.8 Å². The van der Waals surface area contributed by atoms with Gasteiger partial charge in [0, 0.05) is 19.5 Å². The van der Waals surface area contributed by atoms with Crippen LogP contribution in [0, 0.1) is 5.92 Å². The Morgan fingerprint density at radius 2 is 2.11 bits per heavy atom. The Morgan fingerprint density at radius 3 is 2.79 bits per heavy atom. The zero-order valence-corrected chi connectivity index (χ0v) is 12.5. The molecule has 0 bridgehead atoms. The Labute approximate surface area is 119 Å². The third-order valence-electron chi connectivity index (χ3n) is 4.06. The van der Waals surface area contributed by atoms with Crippen molar-refractivity contribution in [2.45, 2.75) is 44.6 Å². The average molecular weight is 284 g/mol. The molecule has 2 fully saturated rings. The standard InChI is InChI=1S/C14H24N2O2S/c1-19-10-13(17)15-12-7-14(18)16(9-12)8-11-5-3-2-4-6-11/h11-12H,2-10H2,1H3,(H,15,17)/t12-/m0/s1. The second-order valence-electron chi connectivity index (χ2n) is 5.70. The van der Waals surface area contributed by atoms with Crippen molar-refractivity contribution < 1.29 is 9.59 Å². The highest BCUT2D eigenvalue weighted by molar-refractivity contribution is 7.99. The molecule has 1 atom stereocenters. The van der Waals surface area contributed by atoms with Gasteiger partial charge in [0.05, 0.1) is 11.8 Å². The summed E-state index contributed by atoms with van der Waals surface area (Å²) >= 11 is 1.51. The van der Waals surface area contributed by atoms with Crippen molar-refractivity contribution in [2.24, 2.45) is 5.92 Å². The highest BCUT2D eigenvalue weighted by atomic mass is 32.2. The Hall–Kier alpha value is -0.710. The van der Waals surface area contributed by atoms with Crippen molar-refractivity contribution in [3.05, 3.63) is 0 Å². The second-order valence-corrected chi connectivity index (χ2v) is 6.57. The van der Waals surface area contributed by atoms with Crippen LogP contribution < -0.4 is 5.32 Å². The van der Waals surface area contributed by atoms with Gasteiger partial charge in [0.1, 0.15) is 0 Å². The lowest BCUT2D eigenvalue weighted by Gasteiger charge is -2.27. The topological polar surface area (TPSA) is 49.4 Å². The molecule has 1 aliphatic carbocycles. The minimum absolute atomic E-state index is 0.0238. The molecule has 1 saturated heterocycles. The molecule has 2 aliphatic rings. The first kappa shape index (κ1) is 14.7. The third-order valence-corrected chi connectivity index (χ3v) is 4.61. The Morgan fingerprint density at radius 1 is 1.37 bits per heavy atom. The number of thioether (sulfide) groups is 1. The molecule has 0 aromatic carbocycles. The third kappa shape index (κ3) is 4.41. The maximum atomic E-state index is 12.0. The van der Waals surface area contributed by atoms with Crippen LogP contribution in [0.15, 0.2) is 0 Å². The van der Waals surface area contributed by atoms with E-state index < -0.39 is 0 Å². The molecule has 108 valence electrons. The Balaban J connectivity index is 1.76. The minimum Gasteiger partial charge on any atom is -0.350 e. The first-order valence-electron chi connectivity index (χ1n) is 7.25. The fourth-order valence-corrected chi connectivity index (χ4v) is 3.47. The molecule has 1 heterocycles. The number of likely N-dealkylation sites (tertiary alicyclic amines) is 1. The number of carbonyl (C=O) groups is 2. The first-order chi connectivity index (χ1) is 9.19. The summed E-state index contributed by atoms with van der Waals surface area (Å²) in [5.41, 5.74) is 0. The molecule has 1 aliphatic heterocycles. The summed E-state index contributed by atoms with van der Waals surface area (Å²) in [6.45, 7) is 1.60. The molecule has 0 aromatic heterocycles. The lowest BCUT2D eigenvalue weighted by molar-refractivity contribution is -0.128. The van der Waals surface area contributed by atoms with Gasteiger partial charge in [-0.2, -0.15) is 11.8 Å². The van der Waals surface area contributed by atoms with E-state index >= 15 is 0 Å². The molecule has 5 heteroatoms. The van der Waals surface area contributed by atoms with E-state index in [4.69, 9.17) is 0 Å². The largest absolute Gasteiger partial charge is 0.350 e. The molecular formula is C14H24N2O2S. The number of amides is 2. The van der Waals surface area contributed by atoms with Crippen molar-refractivity contribution in [1.29, 1.82) is 0 Å². The highest BCUT2D eigenvalue weighted by Crippen LogP contribution is 2.26. The minimum atomic E-state index is 0.0238. The summed E-state index contributed by atoms with van der Waals surface area (Å²) in [7, 11) is 0. The maximum Gasteiger partial charge on any atom is 0.230 e. The van der Waals surface area contributed by atoms with Gasteiger partial charge in [0.15, 0.2) is 0 Å². The summed E-state index contributed by atoms with van der Waals surface area (Å²) < 4.78 is 0. The molecule has 4 nitrogen and oxygen atoms in total. The predicted molar refractivity (Wildman–Crippen MR) is 78.1 cm³/mol. The van der Waals surface area contributed by atoms with Gasteiger partial charge >= 0.3 is 0 Å². The van der Waals surface area contributed by atoms with Gasteiger partial charge in [-0.05, 0) is 25.0 Å². The van der Waals surface area contributed by atoms with Crippen LogP contribution in [0.25, 0.3) is 0 Å². The zero-order valence-electron chi connectivity index (χ0n) is 11.7. The highest BCUT2D eigenvalue weighted by Gasteiger charge is 2.31. The van der Waals surface area contributed by atoms with Crippen LogP contribution in [-0.2, 0) is 9.59 Å². The Kier molecular flexibility index (Phi) is 5.55. The molecule has 19 heavy (non-hydrogen) atoms. The summed E-state index contributed by atoms with van der Waals surface area (Å²) in [5, 5.41) is 2.96. The van der Waals surface area contributed by atoms with Crippen LogP contribution in [0.2, 0.25) is 0 Å². The summed E-state index contributed by atoms with van der Waals surface area (Å²) in [6, 6.07) is 0.0238. The SMILES string of the molecule is CSCC(=O)N[C@H]1CC(=O)N(CC2CCCCC2)C1. The van der Waals surface area contributed by atoms with E-state index in [0.717, 1.165) is 6.54 Å². The van der Waals surface area contributed by atoms with Crippen molar-refractivity contribution in [3.8, 4) is 0 Å². The predicted octanol–water partition coefficient (Wildman–Crippen LogP) is 1.65. The van der Waals surface area contributed by atoms with E-state index in [1.54, 1.807) is 0 Å². The second kappa shape index (κ2) is 7.17. The van der Waals surface area contributed by atoms with Gasteiger partial charge in [-0.3, -0.25) is 9.59 Å². The maximum absolute atomic E-state index is 12.0. The molecule has 1 saturated carbocycles. The summed E-state index contributed by atoms with van der Waals surface area (Å²) in [6.07, 6.45) is 8.86.